The van der Waals surface area contributed by atoms with Gasteiger partial charge in [0.2, 0.25) is 0 Å². The van der Waals surface area contributed by atoms with E-state index >= 15 is 0 Å². The molecule has 1 aliphatic rings. The Morgan fingerprint density at radius 2 is 1.81 bits per heavy atom. The van der Waals surface area contributed by atoms with E-state index in [0.717, 1.165) is 30.0 Å². The van der Waals surface area contributed by atoms with Gasteiger partial charge in [-0.25, -0.2) is 0 Å². The Morgan fingerprint density at radius 1 is 1.03 bits per heavy atom. The predicted molar refractivity (Wildman–Crippen MR) is 119 cm³/mol. The number of hydrogen-bond acceptors (Lipinski definition) is 6. The van der Waals surface area contributed by atoms with Crippen LogP contribution in [0.4, 0.5) is 0 Å². The fraction of sp³-hybridized carbons (Fsp3) is 0.320. The number of furan rings is 1. The topological polar surface area (TPSA) is 67.4 Å². The van der Waals surface area contributed by atoms with Gasteiger partial charge in [-0.1, -0.05) is 65.8 Å². The Hall–Kier alpha value is -2.93. The lowest BCUT2D eigenvalue weighted by molar-refractivity contribution is -0.00955. The third-order valence-corrected chi connectivity index (χ3v) is 5.15. The van der Waals surface area contributed by atoms with Crippen molar-refractivity contribution in [2.45, 2.75) is 31.8 Å². The molecular formula is C25H28N2O4. The molecule has 0 saturated carbocycles. The molecule has 6 heteroatoms. The van der Waals surface area contributed by atoms with Crippen LogP contribution in [0, 0.1) is 0 Å². The van der Waals surface area contributed by atoms with Crippen LogP contribution >= 0.6 is 0 Å². The standard InChI is InChI=1S/C25H28N2O4/c28-22(18-29-19-23-12-7-13-30-23)16-27(15-20-8-3-1-4-9-20)17-24-14-25(26-31-24)21-10-5-2-6-11-21/h1-13,22,24,28H,14-19H2. The average molecular weight is 421 g/mol. The summed E-state index contributed by atoms with van der Waals surface area (Å²) >= 11 is 0. The molecule has 0 aliphatic carbocycles. The lowest BCUT2D eigenvalue weighted by Gasteiger charge is -2.27. The lowest BCUT2D eigenvalue weighted by Crippen LogP contribution is -2.39. The second-order valence-corrected chi connectivity index (χ2v) is 7.76. The van der Waals surface area contributed by atoms with Crippen LogP contribution in [-0.2, 0) is 22.7 Å². The van der Waals surface area contributed by atoms with Crippen LogP contribution in [0.3, 0.4) is 0 Å². The van der Waals surface area contributed by atoms with E-state index in [0.29, 0.717) is 19.7 Å². The first-order chi connectivity index (χ1) is 15.3. The van der Waals surface area contributed by atoms with Gasteiger partial charge >= 0.3 is 0 Å². The van der Waals surface area contributed by atoms with Gasteiger partial charge in [0, 0.05) is 26.1 Å². The molecule has 4 rings (SSSR count). The Kier molecular flexibility index (Phi) is 7.50. The van der Waals surface area contributed by atoms with Gasteiger partial charge in [0.05, 0.1) is 24.7 Å². The van der Waals surface area contributed by atoms with E-state index < -0.39 is 6.10 Å². The minimum absolute atomic E-state index is 0.0462. The van der Waals surface area contributed by atoms with E-state index in [1.165, 1.54) is 5.56 Å². The van der Waals surface area contributed by atoms with Crippen molar-refractivity contribution in [3.05, 3.63) is 95.9 Å². The molecule has 0 saturated heterocycles. The minimum Gasteiger partial charge on any atom is -0.467 e. The number of nitrogens with zero attached hydrogens (tertiary/aromatic N) is 2. The number of rotatable bonds is 11. The zero-order valence-electron chi connectivity index (χ0n) is 17.5. The van der Waals surface area contributed by atoms with E-state index in [1.54, 1.807) is 6.26 Å². The highest BCUT2D eigenvalue weighted by molar-refractivity contribution is 6.01. The van der Waals surface area contributed by atoms with Crippen molar-refractivity contribution in [1.29, 1.82) is 0 Å². The highest BCUT2D eigenvalue weighted by Gasteiger charge is 2.25. The molecule has 0 fully saturated rings. The maximum Gasteiger partial charge on any atom is 0.145 e. The molecule has 0 spiro atoms. The van der Waals surface area contributed by atoms with Gasteiger partial charge in [-0.15, -0.1) is 0 Å². The number of ether oxygens (including phenoxy) is 1. The van der Waals surface area contributed by atoms with Crippen LogP contribution in [0.25, 0.3) is 0 Å². The highest BCUT2D eigenvalue weighted by Crippen LogP contribution is 2.19. The summed E-state index contributed by atoms with van der Waals surface area (Å²) in [5.74, 6) is 0.748. The zero-order chi connectivity index (χ0) is 21.3. The molecule has 162 valence electrons. The van der Waals surface area contributed by atoms with Gasteiger partial charge in [0.15, 0.2) is 0 Å². The predicted octanol–water partition coefficient (Wildman–Crippen LogP) is 3.85. The molecule has 31 heavy (non-hydrogen) atoms. The van der Waals surface area contributed by atoms with E-state index in [9.17, 15) is 5.11 Å². The van der Waals surface area contributed by atoms with Crippen molar-refractivity contribution in [1.82, 2.24) is 4.90 Å². The van der Waals surface area contributed by atoms with Crippen molar-refractivity contribution in [3.8, 4) is 0 Å². The second-order valence-electron chi connectivity index (χ2n) is 7.76. The van der Waals surface area contributed by atoms with Gasteiger partial charge in [-0.2, -0.15) is 0 Å². The third kappa shape index (κ3) is 6.52. The zero-order valence-corrected chi connectivity index (χ0v) is 17.5. The summed E-state index contributed by atoms with van der Waals surface area (Å²) in [6.07, 6.45) is 1.70. The molecule has 0 radical (unpaired) electrons. The monoisotopic (exact) mass is 420 g/mol. The van der Waals surface area contributed by atoms with Crippen LogP contribution in [-0.4, -0.2) is 47.6 Å². The van der Waals surface area contributed by atoms with Crippen molar-refractivity contribution >= 4 is 5.71 Å². The summed E-state index contributed by atoms with van der Waals surface area (Å²) in [7, 11) is 0. The average Bonchev–Trinajstić information content (AvgIpc) is 3.47. The van der Waals surface area contributed by atoms with Crippen LogP contribution in [0.5, 0.6) is 0 Å². The maximum absolute atomic E-state index is 10.6. The number of aliphatic hydroxyl groups is 1. The molecule has 2 aromatic carbocycles. The van der Waals surface area contributed by atoms with Crippen molar-refractivity contribution in [3.63, 3.8) is 0 Å². The molecule has 1 aromatic heterocycles. The molecule has 2 heterocycles. The molecule has 0 bridgehead atoms. The Bertz CT molecular complexity index is 929. The molecule has 1 aliphatic heterocycles. The van der Waals surface area contributed by atoms with Crippen molar-refractivity contribution in [2.24, 2.45) is 5.16 Å². The fourth-order valence-electron chi connectivity index (χ4n) is 3.70. The molecular weight excluding hydrogens is 392 g/mol. The molecule has 2 unspecified atom stereocenters. The normalized spacial score (nSPS) is 16.8. The van der Waals surface area contributed by atoms with Gasteiger partial charge in [0.25, 0.3) is 0 Å². The van der Waals surface area contributed by atoms with Crippen LogP contribution in [0.15, 0.2) is 88.6 Å². The molecule has 3 aromatic rings. The number of benzene rings is 2. The number of hydrogen-bond donors (Lipinski definition) is 1. The summed E-state index contributed by atoms with van der Waals surface area (Å²) in [4.78, 5) is 7.92. The van der Waals surface area contributed by atoms with Crippen molar-refractivity contribution in [2.75, 3.05) is 19.7 Å². The first kappa shape index (κ1) is 21.3. The van der Waals surface area contributed by atoms with Crippen LogP contribution in [0.2, 0.25) is 0 Å². The van der Waals surface area contributed by atoms with Gasteiger partial charge < -0.3 is 19.1 Å². The molecule has 6 nitrogen and oxygen atoms in total. The lowest BCUT2D eigenvalue weighted by atomic mass is 10.0. The number of aliphatic hydroxyl groups excluding tert-OH is 1. The van der Waals surface area contributed by atoms with Gasteiger partial charge in [0.1, 0.15) is 18.5 Å². The third-order valence-electron chi connectivity index (χ3n) is 5.15. The first-order valence-corrected chi connectivity index (χ1v) is 10.6. The van der Waals surface area contributed by atoms with E-state index in [-0.39, 0.29) is 12.7 Å². The second kappa shape index (κ2) is 10.9. The van der Waals surface area contributed by atoms with Gasteiger partial charge in [-0.3, -0.25) is 4.90 Å². The fourth-order valence-corrected chi connectivity index (χ4v) is 3.70. The Labute approximate surface area is 182 Å². The molecule has 2 atom stereocenters. The largest absolute Gasteiger partial charge is 0.467 e. The van der Waals surface area contributed by atoms with E-state index in [4.69, 9.17) is 14.0 Å². The quantitative estimate of drug-likeness (QED) is 0.510. The van der Waals surface area contributed by atoms with E-state index in [1.807, 2.05) is 60.7 Å². The smallest absolute Gasteiger partial charge is 0.145 e. The summed E-state index contributed by atoms with van der Waals surface area (Å²) in [6.45, 7) is 2.46. The summed E-state index contributed by atoms with van der Waals surface area (Å²) in [5, 5.41) is 14.9. The number of oxime groups is 1. The molecule has 1 N–H and O–H groups in total. The van der Waals surface area contributed by atoms with Crippen molar-refractivity contribution < 1.29 is 19.1 Å². The summed E-state index contributed by atoms with van der Waals surface area (Å²) < 4.78 is 10.9. The first-order valence-electron chi connectivity index (χ1n) is 10.6. The Morgan fingerprint density at radius 3 is 2.55 bits per heavy atom. The van der Waals surface area contributed by atoms with Crippen LogP contribution in [0.1, 0.15) is 23.3 Å². The van der Waals surface area contributed by atoms with Gasteiger partial charge in [-0.05, 0) is 23.3 Å². The SMILES string of the molecule is OC(COCc1ccco1)CN(Cc1ccccc1)CC1CC(c2ccccc2)=NO1. The molecule has 0 amide bonds. The Balaban J connectivity index is 1.32. The highest BCUT2D eigenvalue weighted by atomic mass is 16.6. The van der Waals surface area contributed by atoms with E-state index in [2.05, 4.69) is 22.2 Å². The summed E-state index contributed by atoms with van der Waals surface area (Å²) in [6, 6.07) is 24.0. The minimum atomic E-state index is -0.616. The summed E-state index contributed by atoms with van der Waals surface area (Å²) in [5.41, 5.74) is 3.24. The van der Waals surface area contributed by atoms with Crippen LogP contribution < -0.4 is 0 Å². The maximum atomic E-state index is 10.6.